The van der Waals surface area contributed by atoms with Gasteiger partial charge in [0.05, 0.1) is 31.1 Å². The largest absolute Gasteiger partial charge is 0.477 e. The molecule has 1 N–H and O–H groups in total. The molecule has 0 spiro atoms. The minimum absolute atomic E-state index is 0. The Labute approximate surface area is 171 Å². The Morgan fingerprint density at radius 3 is 2.82 bits per heavy atom. The molecule has 0 aromatic heterocycles. The lowest BCUT2D eigenvalue weighted by Gasteiger charge is -2.31. The second-order valence-electron chi connectivity index (χ2n) is 6.56. The topological polar surface area (TPSA) is 60.0 Å². The van der Waals surface area contributed by atoms with Crippen LogP contribution in [0.15, 0.2) is 36.4 Å². The van der Waals surface area contributed by atoms with Gasteiger partial charge in [-0.3, -0.25) is 5.32 Å². The van der Waals surface area contributed by atoms with E-state index in [0.717, 1.165) is 47.8 Å². The number of fused-ring (bicyclic) bond motifs is 1. The lowest BCUT2D eigenvalue weighted by molar-refractivity contribution is 0.0526. The number of esters is 1. The number of hydrogen-bond acceptors (Lipinski definition) is 6. The number of benzene rings is 2. The van der Waals surface area contributed by atoms with Crippen LogP contribution in [0.3, 0.4) is 0 Å². The van der Waals surface area contributed by atoms with Gasteiger partial charge in [0.1, 0.15) is 12.5 Å². The van der Waals surface area contributed by atoms with Crippen molar-refractivity contribution in [3.8, 4) is 16.9 Å². The number of nitrogens with zero attached hydrogens (tertiary/aromatic N) is 1. The third-order valence-corrected chi connectivity index (χ3v) is 4.89. The van der Waals surface area contributed by atoms with E-state index in [0.29, 0.717) is 32.1 Å². The molecule has 0 unspecified atom stereocenters. The van der Waals surface area contributed by atoms with Crippen LogP contribution in [0.1, 0.15) is 22.8 Å². The fourth-order valence-corrected chi connectivity index (χ4v) is 3.58. The van der Waals surface area contributed by atoms with Crippen LogP contribution in [0.5, 0.6) is 5.75 Å². The summed E-state index contributed by atoms with van der Waals surface area (Å²) in [5.74, 6) is 0.620. The first-order chi connectivity index (χ1) is 13.3. The molecule has 6 nitrogen and oxygen atoms in total. The molecule has 0 atom stereocenters. The highest BCUT2D eigenvalue weighted by Crippen LogP contribution is 2.37. The molecule has 0 bridgehead atoms. The normalized spacial score (nSPS) is 15.8. The Morgan fingerprint density at radius 2 is 2.04 bits per heavy atom. The first-order valence-electron chi connectivity index (χ1n) is 9.37. The molecule has 2 heterocycles. The van der Waals surface area contributed by atoms with Crippen LogP contribution in [0.2, 0.25) is 0 Å². The molecule has 2 aliphatic heterocycles. The predicted molar refractivity (Wildman–Crippen MR) is 110 cm³/mol. The summed E-state index contributed by atoms with van der Waals surface area (Å²) in [7, 11) is 0. The van der Waals surface area contributed by atoms with E-state index in [4.69, 9.17) is 14.2 Å². The van der Waals surface area contributed by atoms with Crippen molar-refractivity contribution in [2.24, 2.45) is 0 Å². The summed E-state index contributed by atoms with van der Waals surface area (Å²) < 4.78 is 16.6. The van der Waals surface area contributed by atoms with Gasteiger partial charge < -0.3 is 19.1 Å². The van der Waals surface area contributed by atoms with Gasteiger partial charge in [-0.25, -0.2) is 4.79 Å². The van der Waals surface area contributed by atoms with Crippen LogP contribution < -0.4 is 15.0 Å². The highest BCUT2D eigenvalue weighted by molar-refractivity contribution is 5.97. The average Bonchev–Trinajstić information content (AvgIpc) is 2.74. The second kappa shape index (κ2) is 9.28. The molecule has 1 saturated heterocycles. The molecule has 7 heteroatoms. The van der Waals surface area contributed by atoms with E-state index in [-0.39, 0.29) is 18.4 Å². The third kappa shape index (κ3) is 4.09. The van der Waals surface area contributed by atoms with Crippen molar-refractivity contribution in [3.63, 3.8) is 0 Å². The minimum Gasteiger partial charge on any atom is -0.477 e. The van der Waals surface area contributed by atoms with Crippen LogP contribution in [0.4, 0.5) is 5.69 Å². The highest BCUT2D eigenvalue weighted by Gasteiger charge is 2.22. The van der Waals surface area contributed by atoms with Crippen LogP contribution >= 0.6 is 12.4 Å². The number of carbonyl (C=O) groups excluding carboxylic acids is 1. The van der Waals surface area contributed by atoms with E-state index >= 15 is 0 Å². The van der Waals surface area contributed by atoms with Gasteiger partial charge in [0.15, 0.2) is 0 Å². The Hall–Kier alpha value is -2.28. The monoisotopic (exact) mass is 404 g/mol. The third-order valence-electron chi connectivity index (χ3n) is 4.89. The van der Waals surface area contributed by atoms with Crippen LogP contribution in [0, 0.1) is 0 Å². The van der Waals surface area contributed by atoms with E-state index in [9.17, 15) is 4.79 Å². The summed E-state index contributed by atoms with van der Waals surface area (Å²) in [6, 6.07) is 12.1. The summed E-state index contributed by atoms with van der Waals surface area (Å²) in [4.78, 5) is 14.7. The summed E-state index contributed by atoms with van der Waals surface area (Å²) in [5.41, 5.74) is 4.69. The first-order valence-corrected chi connectivity index (χ1v) is 9.37. The summed E-state index contributed by atoms with van der Waals surface area (Å²) in [5, 5.41) is 3.22. The van der Waals surface area contributed by atoms with E-state index in [1.807, 2.05) is 25.1 Å². The van der Waals surface area contributed by atoms with E-state index in [1.165, 1.54) is 0 Å². The van der Waals surface area contributed by atoms with Crippen molar-refractivity contribution in [2.75, 3.05) is 44.5 Å². The molecule has 0 radical (unpaired) electrons. The van der Waals surface area contributed by atoms with Gasteiger partial charge in [0.2, 0.25) is 0 Å². The van der Waals surface area contributed by atoms with Gasteiger partial charge in [-0.05, 0) is 24.6 Å². The Morgan fingerprint density at radius 1 is 1.21 bits per heavy atom. The van der Waals surface area contributed by atoms with Gasteiger partial charge in [-0.15, -0.1) is 12.4 Å². The van der Waals surface area contributed by atoms with Crippen LogP contribution in [-0.2, 0) is 16.0 Å². The zero-order chi connectivity index (χ0) is 18.6. The van der Waals surface area contributed by atoms with Crippen molar-refractivity contribution in [2.45, 2.75) is 13.5 Å². The standard InChI is InChI=1S/C21H24N2O4.ClH/c1-2-26-21(24)18-7-6-15(12-19(18)23-8-10-25-11-9-23)17-5-3-4-16-13-22-14-27-20(16)17;/h3-7,12,22H,2,8-11,13-14H2,1H3;1H. The van der Waals surface area contributed by atoms with E-state index in [2.05, 4.69) is 28.4 Å². The molecular formula is C21H25ClN2O4. The first kappa shape index (κ1) is 20.5. The number of hydrogen-bond donors (Lipinski definition) is 1. The maximum atomic E-state index is 12.5. The molecule has 2 aliphatic rings. The number of rotatable bonds is 4. The quantitative estimate of drug-likeness (QED) is 0.789. The number of para-hydroxylation sites is 1. The predicted octanol–water partition coefficient (Wildman–Crippen LogP) is 3.23. The van der Waals surface area contributed by atoms with Gasteiger partial charge in [-0.2, -0.15) is 0 Å². The molecule has 4 rings (SSSR count). The number of halogens is 1. The second-order valence-corrected chi connectivity index (χ2v) is 6.56. The fourth-order valence-electron chi connectivity index (χ4n) is 3.58. The van der Waals surface area contributed by atoms with E-state index < -0.39 is 0 Å². The van der Waals surface area contributed by atoms with Crippen LogP contribution in [0.25, 0.3) is 11.1 Å². The van der Waals surface area contributed by atoms with Gasteiger partial charge in [-0.1, -0.05) is 24.3 Å². The molecule has 0 amide bonds. The number of ether oxygens (including phenoxy) is 3. The van der Waals surface area contributed by atoms with Crippen molar-refractivity contribution in [1.29, 1.82) is 0 Å². The van der Waals surface area contributed by atoms with Crippen molar-refractivity contribution >= 4 is 24.1 Å². The minimum atomic E-state index is -0.291. The average molecular weight is 405 g/mol. The molecule has 150 valence electrons. The molecule has 28 heavy (non-hydrogen) atoms. The zero-order valence-corrected chi connectivity index (χ0v) is 16.7. The molecule has 1 fully saturated rings. The molecule has 0 saturated carbocycles. The molecule has 2 aromatic rings. The van der Waals surface area contributed by atoms with Crippen molar-refractivity contribution < 1.29 is 19.0 Å². The summed E-state index contributed by atoms with van der Waals surface area (Å²) >= 11 is 0. The highest BCUT2D eigenvalue weighted by atomic mass is 35.5. The summed E-state index contributed by atoms with van der Waals surface area (Å²) in [6.45, 7) is 6.29. The number of carbonyl (C=O) groups is 1. The summed E-state index contributed by atoms with van der Waals surface area (Å²) in [6.07, 6.45) is 0. The maximum Gasteiger partial charge on any atom is 0.340 e. The lowest BCUT2D eigenvalue weighted by atomic mass is 9.98. The molecule has 2 aromatic carbocycles. The van der Waals surface area contributed by atoms with Crippen LogP contribution in [-0.4, -0.2) is 45.6 Å². The van der Waals surface area contributed by atoms with Crippen molar-refractivity contribution in [3.05, 3.63) is 47.5 Å². The van der Waals surface area contributed by atoms with E-state index in [1.54, 1.807) is 0 Å². The van der Waals surface area contributed by atoms with Gasteiger partial charge >= 0.3 is 5.97 Å². The number of nitrogens with one attached hydrogen (secondary N) is 1. The van der Waals surface area contributed by atoms with Crippen molar-refractivity contribution in [1.82, 2.24) is 5.32 Å². The van der Waals surface area contributed by atoms with Gasteiger partial charge in [0, 0.05) is 30.8 Å². The fraction of sp³-hybridized carbons (Fsp3) is 0.381. The lowest BCUT2D eigenvalue weighted by Crippen LogP contribution is -2.37. The smallest absolute Gasteiger partial charge is 0.340 e. The number of anilines is 1. The van der Waals surface area contributed by atoms with Gasteiger partial charge in [0.25, 0.3) is 0 Å². The zero-order valence-electron chi connectivity index (χ0n) is 15.9. The maximum absolute atomic E-state index is 12.5. The Bertz CT molecular complexity index is 837. The Kier molecular flexibility index (Phi) is 6.78. The molecular weight excluding hydrogens is 380 g/mol. The number of morpholine rings is 1. The Balaban J connectivity index is 0.00000225. The SMILES string of the molecule is CCOC(=O)c1ccc(-c2cccc3c2OCNC3)cc1N1CCOCC1.Cl. The molecule has 0 aliphatic carbocycles.